The van der Waals surface area contributed by atoms with Crippen LogP contribution in [0.25, 0.3) is 0 Å². The lowest BCUT2D eigenvalue weighted by molar-refractivity contribution is -0.123. The van der Waals surface area contributed by atoms with E-state index in [-0.39, 0.29) is 29.9 Å². The zero-order valence-corrected chi connectivity index (χ0v) is 11.9. The van der Waals surface area contributed by atoms with Crippen molar-refractivity contribution in [3.8, 4) is 5.75 Å². The molecule has 1 saturated carbocycles. The van der Waals surface area contributed by atoms with Crippen LogP contribution < -0.4 is 15.8 Å². The number of rotatable bonds is 6. The van der Waals surface area contributed by atoms with Crippen LogP contribution >= 0.6 is 11.6 Å². The van der Waals surface area contributed by atoms with Crippen molar-refractivity contribution in [3.05, 3.63) is 28.8 Å². The van der Waals surface area contributed by atoms with Crippen molar-refractivity contribution in [1.82, 2.24) is 5.32 Å². The molecule has 6 heteroatoms. The van der Waals surface area contributed by atoms with Crippen LogP contribution in [0.5, 0.6) is 5.75 Å². The monoisotopic (exact) mass is 296 g/mol. The average molecular weight is 297 g/mol. The van der Waals surface area contributed by atoms with Gasteiger partial charge in [0.2, 0.25) is 0 Å². The number of hydrogen-bond acceptors (Lipinski definition) is 3. The molecule has 0 bridgehead atoms. The van der Waals surface area contributed by atoms with E-state index >= 15 is 0 Å². The number of hydrogen-bond donors (Lipinski definition) is 2. The molecule has 2 amide bonds. The summed E-state index contributed by atoms with van der Waals surface area (Å²) >= 11 is 5.79. The second-order valence-corrected chi connectivity index (χ2v) is 5.42. The van der Waals surface area contributed by atoms with Crippen LogP contribution in [-0.4, -0.2) is 24.5 Å². The Labute approximate surface area is 122 Å². The van der Waals surface area contributed by atoms with Gasteiger partial charge in [-0.15, -0.1) is 0 Å². The number of primary amides is 1. The number of carbonyl (C=O) groups is 2. The molecule has 2 rings (SSSR count). The zero-order chi connectivity index (χ0) is 14.7. The predicted octanol–water partition coefficient (Wildman–Crippen LogP) is 1.73. The van der Waals surface area contributed by atoms with Crippen LogP contribution in [0.1, 0.15) is 30.1 Å². The maximum absolute atomic E-state index is 11.7. The summed E-state index contributed by atoms with van der Waals surface area (Å²) in [5, 5.41) is 3.25. The van der Waals surface area contributed by atoms with Crippen molar-refractivity contribution in [2.24, 2.45) is 11.7 Å². The molecular formula is C14H17ClN2O3. The Hall–Kier alpha value is -1.75. The summed E-state index contributed by atoms with van der Waals surface area (Å²) in [5.41, 5.74) is 5.41. The molecule has 1 fully saturated rings. The number of ether oxygens (including phenoxy) is 1. The first kappa shape index (κ1) is 14.7. The van der Waals surface area contributed by atoms with Gasteiger partial charge in [0.25, 0.3) is 11.8 Å². The van der Waals surface area contributed by atoms with E-state index in [9.17, 15) is 9.59 Å². The molecule has 108 valence electrons. The molecule has 5 nitrogen and oxygen atoms in total. The molecule has 3 N–H and O–H groups in total. The molecule has 20 heavy (non-hydrogen) atoms. The highest BCUT2D eigenvalue weighted by Crippen LogP contribution is 2.32. The van der Waals surface area contributed by atoms with Crippen molar-refractivity contribution in [2.45, 2.75) is 25.8 Å². The van der Waals surface area contributed by atoms with Gasteiger partial charge in [0.05, 0.1) is 5.56 Å². The normalized spacial score (nSPS) is 15.5. The standard InChI is InChI=1S/C14H17ClN2O3/c1-8(9-2-3-9)17-13(18)7-20-12-5-4-10(15)6-11(12)14(16)19/h4-6,8-9H,2-3,7H2,1H3,(H2,16,19)(H,17,18)/t8-/m0/s1. The average Bonchev–Trinajstić information content (AvgIpc) is 3.21. The lowest BCUT2D eigenvalue weighted by Gasteiger charge is -2.14. The van der Waals surface area contributed by atoms with Crippen LogP contribution in [0.15, 0.2) is 18.2 Å². The molecule has 1 atom stereocenters. The fourth-order valence-electron chi connectivity index (χ4n) is 1.97. The maximum Gasteiger partial charge on any atom is 0.258 e. The SMILES string of the molecule is C[C@H](NC(=O)COc1ccc(Cl)cc1C(N)=O)C1CC1. The second kappa shape index (κ2) is 6.13. The first-order valence-electron chi connectivity index (χ1n) is 6.49. The van der Waals surface area contributed by atoms with Gasteiger partial charge < -0.3 is 15.8 Å². The third kappa shape index (κ3) is 3.87. The molecule has 1 aliphatic carbocycles. The fraction of sp³-hybridized carbons (Fsp3) is 0.429. The summed E-state index contributed by atoms with van der Waals surface area (Å²) in [6.45, 7) is 1.83. The third-order valence-corrected chi connectivity index (χ3v) is 3.52. The van der Waals surface area contributed by atoms with E-state index in [1.54, 1.807) is 6.07 Å². The number of nitrogens with one attached hydrogen (secondary N) is 1. The largest absolute Gasteiger partial charge is 0.483 e. The summed E-state index contributed by atoms with van der Waals surface area (Å²) in [6.07, 6.45) is 2.32. The van der Waals surface area contributed by atoms with Crippen molar-refractivity contribution >= 4 is 23.4 Å². The molecule has 0 heterocycles. The van der Waals surface area contributed by atoms with Gasteiger partial charge in [-0.25, -0.2) is 0 Å². The van der Waals surface area contributed by atoms with Gasteiger partial charge in [0, 0.05) is 11.1 Å². The second-order valence-electron chi connectivity index (χ2n) is 4.99. The van der Waals surface area contributed by atoms with E-state index in [1.807, 2.05) is 6.92 Å². The minimum atomic E-state index is -0.644. The van der Waals surface area contributed by atoms with E-state index in [0.717, 1.165) is 12.8 Å². The van der Waals surface area contributed by atoms with Crippen molar-refractivity contribution in [1.29, 1.82) is 0 Å². The summed E-state index contributed by atoms with van der Waals surface area (Å²) in [5.74, 6) is -0.0178. The number of benzene rings is 1. The van der Waals surface area contributed by atoms with E-state index in [0.29, 0.717) is 10.9 Å². The molecule has 0 aromatic heterocycles. The Kier molecular flexibility index (Phi) is 4.49. The highest BCUT2D eigenvalue weighted by atomic mass is 35.5. The molecule has 0 aliphatic heterocycles. The Morgan fingerprint density at radius 2 is 2.20 bits per heavy atom. The molecule has 1 aromatic rings. The van der Waals surface area contributed by atoms with Crippen LogP contribution in [0.4, 0.5) is 0 Å². The van der Waals surface area contributed by atoms with E-state index in [2.05, 4.69) is 5.32 Å². The van der Waals surface area contributed by atoms with E-state index in [4.69, 9.17) is 22.1 Å². The smallest absolute Gasteiger partial charge is 0.258 e. The highest BCUT2D eigenvalue weighted by molar-refractivity contribution is 6.31. The van der Waals surface area contributed by atoms with Gasteiger partial charge in [0.15, 0.2) is 6.61 Å². The Morgan fingerprint density at radius 1 is 1.50 bits per heavy atom. The lowest BCUT2D eigenvalue weighted by atomic mass is 10.2. The Bertz CT molecular complexity index is 529. The Balaban J connectivity index is 1.92. The van der Waals surface area contributed by atoms with Crippen LogP contribution in [0, 0.1) is 5.92 Å². The molecule has 1 aromatic carbocycles. The summed E-state index contributed by atoms with van der Waals surface area (Å²) < 4.78 is 5.34. The van der Waals surface area contributed by atoms with Crippen molar-refractivity contribution in [3.63, 3.8) is 0 Å². The summed E-state index contributed by atoms with van der Waals surface area (Å²) in [4.78, 5) is 23.0. The van der Waals surface area contributed by atoms with Crippen molar-refractivity contribution in [2.75, 3.05) is 6.61 Å². The van der Waals surface area contributed by atoms with Crippen LogP contribution in [0.3, 0.4) is 0 Å². The lowest BCUT2D eigenvalue weighted by Crippen LogP contribution is -2.37. The van der Waals surface area contributed by atoms with E-state index in [1.165, 1.54) is 12.1 Å². The zero-order valence-electron chi connectivity index (χ0n) is 11.2. The molecule has 0 radical (unpaired) electrons. The minimum Gasteiger partial charge on any atom is -0.483 e. The topological polar surface area (TPSA) is 81.4 Å². The van der Waals surface area contributed by atoms with Gasteiger partial charge in [-0.1, -0.05) is 11.6 Å². The molecule has 0 spiro atoms. The number of nitrogens with two attached hydrogens (primary N) is 1. The Morgan fingerprint density at radius 3 is 2.80 bits per heavy atom. The number of halogens is 1. The van der Waals surface area contributed by atoms with Crippen LogP contribution in [-0.2, 0) is 4.79 Å². The first-order chi connectivity index (χ1) is 9.47. The summed E-state index contributed by atoms with van der Waals surface area (Å²) in [6, 6.07) is 4.69. The molecule has 0 unspecified atom stereocenters. The van der Waals surface area contributed by atoms with Gasteiger partial charge >= 0.3 is 0 Å². The first-order valence-corrected chi connectivity index (χ1v) is 6.86. The quantitative estimate of drug-likeness (QED) is 0.839. The van der Waals surface area contributed by atoms with Gasteiger partial charge in [-0.2, -0.15) is 0 Å². The predicted molar refractivity (Wildman–Crippen MR) is 75.8 cm³/mol. The van der Waals surface area contributed by atoms with Crippen LogP contribution in [0.2, 0.25) is 5.02 Å². The molecule has 0 saturated heterocycles. The minimum absolute atomic E-state index is 0.154. The van der Waals surface area contributed by atoms with Crippen molar-refractivity contribution < 1.29 is 14.3 Å². The summed E-state index contributed by atoms with van der Waals surface area (Å²) in [7, 11) is 0. The van der Waals surface area contributed by atoms with E-state index < -0.39 is 5.91 Å². The number of carbonyl (C=O) groups excluding carboxylic acids is 2. The fourth-order valence-corrected chi connectivity index (χ4v) is 2.15. The third-order valence-electron chi connectivity index (χ3n) is 3.28. The molecular weight excluding hydrogens is 280 g/mol. The molecule has 1 aliphatic rings. The van der Waals surface area contributed by atoms with Gasteiger partial charge in [-0.05, 0) is 43.9 Å². The maximum atomic E-state index is 11.7. The van der Waals surface area contributed by atoms with Gasteiger partial charge in [0.1, 0.15) is 5.75 Å². The highest BCUT2D eigenvalue weighted by Gasteiger charge is 2.28. The number of amides is 2. The van der Waals surface area contributed by atoms with Gasteiger partial charge in [-0.3, -0.25) is 9.59 Å².